The summed E-state index contributed by atoms with van der Waals surface area (Å²) in [5.41, 5.74) is 0.487. The lowest BCUT2D eigenvalue weighted by atomic mass is 10.1. The van der Waals surface area contributed by atoms with E-state index in [4.69, 9.17) is 4.74 Å². The molecule has 0 atom stereocenters. The summed E-state index contributed by atoms with van der Waals surface area (Å²) in [5.74, 6) is -0.999. The van der Waals surface area contributed by atoms with E-state index in [0.717, 1.165) is 4.57 Å². The molecule has 0 radical (unpaired) electrons. The number of fused-ring (bicyclic) bond motifs is 1. The predicted molar refractivity (Wildman–Crippen MR) is 91.2 cm³/mol. The van der Waals surface area contributed by atoms with Crippen LogP contribution in [0.1, 0.15) is 37.0 Å². The second-order valence-corrected chi connectivity index (χ2v) is 6.58. The van der Waals surface area contributed by atoms with Gasteiger partial charge in [0.2, 0.25) is 5.78 Å². The minimum atomic E-state index is -0.724. The lowest BCUT2D eigenvalue weighted by Crippen LogP contribution is -2.29. The molecule has 3 rings (SSSR count). The highest BCUT2D eigenvalue weighted by molar-refractivity contribution is 6.10. The van der Waals surface area contributed by atoms with Crippen LogP contribution in [0.4, 0.5) is 9.18 Å². The van der Waals surface area contributed by atoms with E-state index in [1.165, 1.54) is 24.3 Å². The van der Waals surface area contributed by atoms with Crippen LogP contribution in [-0.2, 0) is 4.74 Å². The molecule has 0 aliphatic rings. The molecule has 0 saturated heterocycles. The van der Waals surface area contributed by atoms with Gasteiger partial charge in [0.25, 0.3) is 0 Å². The Labute approximate surface area is 144 Å². The number of nitrogens with zero attached hydrogens (tertiary/aromatic N) is 2. The average Bonchev–Trinajstić information content (AvgIpc) is 2.93. The normalized spacial score (nSPS) is 11.5. The van der Waals surface area contributed by atoms with Gasteiger partial charge in [-0.1, -0.05) is 12.1 Å². The summed E-state index contributed by atoms with van der Waals surface area (Å²) in [6, 6.07) is 12.0. The fraction of sp³-hybridized carbons (Fsp3) is 0.211. The van der Waals surface area contributed by atoms with Gasteiger partial charge < -0.3 is 4.74 Å². The molecule has 1 aromatic heterocycles. The van der Waals surface area contributed by atoms with E-state index in [1.54, 1.807) is 45.0 Å². The molecule has 2 aromatic carbocycles. The van der Waals surface area contributed by atoms with Gasteiger partial charge in [-0.2, -0.15) is 0 Å². The molecule has 0 fully saturated rings. The average molecular weight is 340 g/mol. The Kier molecular flexibility index (Phi) is 4.12. The van der Waals surface area contributed by atoms with Crippen LogP contribution in [0.15, 0.2) is 48.5 Å². The van der Waals surface area contributed by atoms with Crippen LogP contribution in [0.3, 0.4) is 0 Å². The van der Waals surface area contributed by atoms with Gasteiger partial charge >= 0.3 is 6.09 Å². The van der Waals surface area contributed by atoms with Gasteiger partial charge in [-0.25, -0.2) is 18.7 Å². The standard InChI is InChI=1S/C19H17FN2O3/c1-19(2,3)25-18(24)22-15-7-5-4-6-14(15)21-17(22)16(23)12-8-10-13(20)11-9-12/h4-11H,1-3H3. The number of imidazole rings is 1. The van der Waals surface area contributed by atoms with Crippen LogP contribution in [0.5, 0.6) is 0 Å². The van der Waals surface area contributed by atoms with Crippen molar-refractivity contribution in [2.24, 2.45) is 0 Å². The molecule has 128 valence electrons. The molecule has 3 aromatic rings. The molecular formula is C19H17FN2O3. The lowest BCUT2D eigenvalue weighted by Gasteiger charge is -2.20. The Balaban J connectivity index is 2.14. The predicted octanol–water partition coefficient (Wildman–Crippen LogP) is 4.19. The van der Waals surface area contributed by atoms with Crippen molar-refractivity contribution in [2.45, 2.75) is 26.4 Å². The highest BCUT2D eigenvalue weighted by atomic mass is 19.1. The Morgan fingerprint density at radius 3 is 2.32 bits per heavy atom. The molecule has 0 saturated carbocycles. The Hall–Kier alpha value is -3.02. The van der Waals surface area contributed by atoms with Crippen molar-refractivity contribution in [1.82, 2.24) is 9.55 Å². The Bertz CT molecular complexity index is 953. The number of aromatic nitrogens is 2. The Morgan fingerprint density at radius 2 is 1.68 bits per heavy atom. The molecule has 0 unspecified atom stereocenters. The number of rotatable bonds is 2. The molecular weight excluding hydrogens is 323 g/mol. The summed E-state index contributed by atoms with van der Waals surface area (Å²) in [6.07, 6.45) is -0.688. The third-order valence-corrected chi connectivity index (χ3v) is 3.45. The van der Waals surface area contributed by atoms with E-state index in [9.17, 15) is 14.0 Å². The summed E-state index contributed by atoms with van der Waals surface area (Å²) in [4.78, 5) is 29.7. The maximum atomic E-state index is 13.1. The zero-order valence-corrected chi connectivity index (χ0v) is 14.1. The zero-order valence-electron chi connectivity index (χ0n) is 14.1. The number of carbonyl (C=O) groups excluding carboxylic acids is 2. The monoisotopic (exact) mass is 340 g/mol. The van der Waals surface area contributed by atoms with Gasteiger partial charge in [0.1, 0.15) is 11.4 Å². The topological polar surface area (TPSA) is 61.2 Å². The van der Waals surface area contributed by atoms with Crippen LogP contribution >= 0.6 is 0 Å². The van der Waals surface area contributed by atoms with E-state index in [-0.39, 0.29) is 11.4 Å². The molecule has 0 amide bonds. The first-order chi connectivity index (χ1) is 11.8. The number of ketones is 1. The molecule has 1 heterocycles. The SMILES string of the molecule is CC(C)(C)OC(=O)n1c(C(=O)c2ccc(F)cc2)nc2ccccc21. The fourth-order valence-corrected chi connectivity index (χ4v) is 2.40. The van der Waals surface area contributed by atoms with Gasteiger partial charge in [-0.05, 0) is 57.2 Å². The zero-order chi connectivity index (χ0) is 18.2. The van der Waals surface area contributed by atoms with Crippen molar-refractivity contribution >= 4 is 22.9 Å². The van der Waals surface area contributed by atoms with Crippen LogP contribution in [0.25, 0.3) is 11.0 Å². The smallest absolute Gasteiger partial charge is 0.420 e. The number of hydrogen-bond donors (Lipinski definition) is 0. The summed E-state index contributed by atoms with van der Waals surface area (Å²) in [6.45, 7) is 5.22. The molecule has 0 spiro atoms. The number of benzene rings is 2. The largest absolute Gasteiger partial charge is 0.443 e. The quantitative estimate of drug-likeness (QED) is 0.656. The van der Waals surface area contributed by atoms with E-state index in [2.05, 4.69) is 4.98 Å². The fourth-order valence-electron chi connectivity index (χ4n) is 2.40. The lowest BCUT2D eigenvalue weighted by molar-refractivity contribution is 0.0535. The number of halogens is 1. The summed E-state index contributed by atoms with van der Waals surface area (Å²) in [7, 11) is 0. The maximum Gasteiger partial charge on any atom is 0.420 e. The highest BCUT2D eigenvalue weighted by Gasteiger charge is 2.26. The highest BCUT2D eigenvalue weighted by Crippen LogP contribution is 2.21. The summed E-state index contributed by atoms with van der Waals surface area (Å²) >= 11 is 0. The van der Waals surface area contributed by atoms with Crippen molar-refractivity contribution in [3.05, 3.63) is 65.7 Å². The van der Waals surface area contributed by atoms with Crippen LogP contribution in [-0.4, -0.2) is 27.0 Å². The van der Waals surface area contributed by atoms with Crippen LogP contribution in [0.2, 0.25) is 0 Å². The second-order valence-electron chi connectivity index (χ2n) is 6.58. The first-order valence-corrected chi connectivity index (χ1v) is 7.77. The minimum absolute atomic E-state index is 0.0675. The number of hydrogen-bond acceptors (Lipinski definition) is 4. The van der Waals surface area contributed by atoms with Crippen LogP contribution < -0.4 is 0 Å². The molecule has 0 aliphatic carbocycles. The van der Waals surface area contributed by atoms with Crippen molar-refractivity contribution in [3.8, 4) is 0 Å². The molecule has 5 nitrogen and oxygen atoms in total. The van der Waals surface area contributed by atoms with Crippen molar-refractivity contribution in [1.29, 1.82) is 0 Å². The first-order valence-electron chi connectivity index (χ1n) is 7.77. The van der Waals surface area contributed by atoms with E-state index < -0.39 is 23.3 Å². The molecule has 0 aliphatic heterocycles. The number of carbonyl (C=O) groups is 2. The maximum absolute atomic E-state index is 13.1. The van der Waals surface area contributed by atoms with E-state index in [1.807, 2.05) is 0 Å². The third kappa shape index (κ3) is 3.42. The number of para-hydroxylation sites is 2. The Morgan fingerprint density at radius 1 is 1.04 bits per heavy atom. The molecule has 0 bridgehead atoms. The van der Waals surface area contributed by atoms with Gasteiger partial charge in [0.15, 0.2) is 5.82 Å². The van der Waals surface area contributed by atoms with Gasteiger partial charge in [-0.3, -0.25) is 4.79 Å². The minimum Gasteiger partial charge on any atom is -0.443 e. The van der Waals surface area contributed by atoms with Crippen molar-refractivity contribution in [2.75, 3.05) is 0 Å². The van der Waals surface area contributed by atoms with Crippen molar-refractivity contribution in [3.63, 3.8) is 0 Å². The number of ether oxygens (including phenoxy) is 1. The molecule has 25 heavy (non-hydrogen) atoms. The van der Waals surface area contributed by atoms with Gasteiger partial charge in [0, 0.05) is 5.56 Å². The van der Waals surface area contributed by atoms with Gasteiger partial charge in [-0.15, -0.1) is 0 Å². The van der Waals surface area contributed by atoms with E-state index in [0.29, 0.717) is 11.0 Å². The van der Waals surface area contributed by atoms with Gasteiger partial charge in [0.05, 0.1) is 11.0 Å². The first kappa shape index (κ1) is 16.8. The molecule has 0 N–H and O–H groups in total. The van der Waals surface area contributed by atoms with Crippen LogP contribution in [0, 0.1) is 5.82 Å². The summed E-state index contributed by atoms with van der Waals surface area (Å²) in [5, 5.41) is 0. The molecule has 6 heteroatoms. The second kappa shape index (κ2) is 6.12. The summed E-state index contributed by atoms with van der Waals surface area (Å²) < 4.78 is 19.7. The third-order valence-electron chi connectivity index (χ3n) is 3.45. The van der Waals surface area contributed by atoms with E-state index >= 15 is 0 Å². The van der Waals surface area contributed by atoms with Crippen molar-refractivity contribution < 1.29 is 18.7 Å².